The molecule has 0 spiro atoms. The van der Waals surface area contributed by atoms with Gasteiger partial charge in [0.15, 0.2) is 0 Å². The second kappa shape index (κ2) is 4.53. The lowest BCUT2D eigenvalue weighted by Gasteiger charge is -2.17. The van der Waals surface area contributed by atoms with E-state index in [4.69, 9.17) is 0 Å². The molecule has 18 heavy (non-hydrogen) atoms. The number of thiophene rings is 1. The highest BCUT2D eigenvalue weighted by atomic mass is 32.1. The smallest absolute Gasteiger partial charge is 0.217 e. The van der Waals surface area contributed by atoms with Crippen LogP contribution in [0.1, 0.15) is 13.3 Å². The molecule has 1 atom stereocenters. The van der Waals surface area contributed by atoms with Gasteiger partial charge in [0.05, 0.1) is 10.2 Å². The highest BCUT2D eigenvalue weighted by molar-refractivity contribution is 7.17. The number of aromatic nitrogens is 2. The van der Waals surface area contributed by atoms with Crippen molar-refractivity contribution in [3.63, 3.8) is 0 Å². The second-order valence-electron chi connectivity index (χ2n) is 4.46. The minimum atomic E-state index is 0.0332. The third kappa shape index (κ3) is 2.03. The van der Waals surface area contributed by atoms with E-state index in [1.54, 1.807) is 24.6 Å². The van der Waals surface area contributed by atoms with E-state index in [2.05, 4.69) is 20.2 Å². The zero-order valence-corrected chi connectivity index (χ0v) is 10.9. The Kier molecular flexibility index (Phi) is 2.87. The minimum Gasteiger partial charge on any atom is -0.353 e. The molecule has 0 aromatic carbocycles. The van der Waals surface area contributed by atoms with Gasteiger partial charge in [0, 0.05) is 26.1 Å². The Labute approximate surface area is 109 Å². The van der Waals surface area contributed by atoms with Crippen LogP contribution in [-0.2, 0) is 4.79 Å². The zero-order valence-electron chi connectivity index (χ0n) is 10.1. The van der Waals surface area contributed by atoms with Gasteiger partial charge in [-0.25, -0.2) is 9.97 Å². The Bertz CT molecular complexity index is 582. The topological polar surface area (TPSA) is 58.1 Å². The molecular formula is C12H14N4OS. The van der Waals surface area contributed by atoms with Crippen LogP contribution < -0.4 is 10.2 Å². The summed E-state index contributed by atoms with van der Waals surface area (Å²) < 4.78 is 1.13. The molecule has 1 amide bonds. The number of carbonyl (C=O) groups is 1. The number of nitrogens with zero attached hydrogens (tertiary/aromatic N) is 3. The molecule has 6 heteroatoms. The molecular weight excluding hydrogens is 248 g/mol. The summed E-state index contributed by atoms with van der Waals surface area (Å²) in [5.74, 6) is 1.02. The van der Waals surface area contributed by atoms with Crippen LogP contribution in [0.3, 0.4) is 0 Å². The van der Waals surface area contributed by atoms with Crippen molar-refractivity contribution in [2.75, 3.05) is 18.0 Å². The summed E-state index contributed by atoms with van der Waals surface area (Å²) in [7, 11) is 0. The first-order valence-electron chi connectivity index (χ1n) is 5.94. The Morgan fingerprint density at radius 2 is 2.44 bits per heavy atom. The van der Waals surface area contributed by atoms with Crippen molar-refractivity contribution in [3.8, 4) is 0 Å². The van der Waals surface area contributed by atoms with Gasteiger partial charge >= 0.3 is 0 Å². The van der Waals surface area contributed by atoms with Crippen LogP contribution >= 0.6 is 11.3 Å². The van der Waals surface area contributed by atoms with E-state index in [0.29, 0.717) is 0 Å². The van der Waals surface area contributed by atoms with Crippen molar-refractivity contribution < 1.29 is 4.79 Å². The first-order valence-corrected chi connectivity index (χ1v) is 6.82. The fourth-order valence-electron chi connectivity index (χ4n) is 2.36. The number of amides is 1. The fraction of sp³-hybridized carbons (Fsp3) is 0.417. The Morgan fingerprint density at radius 3 is 3.28 bits per heavy atom. The zero-order chi connectivity index (χ0) is 12.5. The maximum atomic E-state index is 11.1. The van der Waals surface area contributed by atoms with E-state index in [0.717, 1.165) is 35.5 Å². The largest absolute Gasteiger partial charge is 0.353 e. The summed E-state index contributed by atoms with van der Waals surface area (Å²) in [6, 6.07) is 2.24. The SMILES string of the molecule is CC(=O)NC1CCN(c2ncnc3ccsc23)C1. The monoisotopic (exact) mass is 262 g/mol. The van der Waals surface area contributed by atoms with Crippen LogP contribution in [0.5, 0.6) is 0 Å². The van der Waals surface area contributed by atoms with Gasteiger partial charge in [0.2, 0.25) is 5.91 Å². The summed E-state index contributed by atoms with van der Waals surface area (Å²) in [6.45, 7) is 3.31. The predicted octanol–water partition coefficient (Wildman–Crippen LogP) is 1.41. The number of hydrogen-bond acceptors (Lipinski definition) is 5. The molecule has 1 N–H and O–H groups in total. The average Bonchev–Trinajstić information content (AvgIpc) is 2.95. The van der Waals surface area contributed by atoms with E-state index in [-0.39, 0.29) is 11.9 Å². The molecule has 5 nitrogen and oxygen atoms in total. The fourth-order valence-corrected chi connectivity index (χ4v) is 3.22. The number of anilines is 1. The molecule has 1 aliphatic rings. The molecule has 94 valence electrons. The van der Waals surface area contributed by atoms with Crippen LogP contribution in [0.25, 0.3) is 10.2 Å². The van der Waals surface area contributed by atoms with Crippen LogP contribution in [0.2, 0.25) is 0 Å². The number of carbonyl (C=O) groups excluding carboxylic acids is 1. The van der Waals surface area contributed by atoms with Crippen molar-refractivity contribution in [1.82, 2.24) is 15.3 Å². The van der Waals surface area contributed by atoms with E-state index in [9.17, 15) is 4.79 Å². The van der Waals surface area contributed by atoms with Crippen LogP contribution in [-0.4, -0.2) is 35.0 Å². The first-order chi connectivity index (χ1) is 8.74. The lowest BCUT2D eigenvalue weighted by molar-refractivity contribution is -0.119. The first kappa shape index (κ1) is 11.4. The lowest BCUT2D eigenvalue weighted by atomic mass is 10.3. The normalized spacial score (nSPS) is 19.4. The molecule has 2 aromatic heterocycles. The number of rotatable bonds is 2. The van der Waals surface area contributed by atoms with E-state index < -0.39 is 0 Å². The molecule has 1 fully saturated rings. The summed E-state index contributed by atoms with van der Waals surface area (Å²) in [5, 5.41) is 4.99. The van der Waals surface area contributed by atoms with Crippen molar-refractivity contribution in [1.29, 1.82) is 0 Å². The maximum Gasteiger partial charge on any atom is 0.217 e. The van der Waals surface area contributed by atoms with Crippen LogP contribution in [0.15, 0.2) is 17.8 Å². The molecule has 0 radical (unpaired) electrons. The second-order valence-corrected chi connectivity index (χ2v) is 5.38. The van der Waals surface area contributed by atoms with E-state index >= 15 is 0 Å². The van der Waals surface area contributed by atoms with Crippen molar-refractivity contribution >= 4 is 33.3 Å². The van der Waals surface area contributed by atoms with Crippen molar-refractivity contribution in [3.05, 3.63) is 17.8 Å². The third-order valence-electron chi connectivity index (χ3n) is 3.12. The van der Waals surface area contributed by atoms with Gasteiger partial charge in [-0.2, -0.15) is 0 Å². The summed E-state index contributed by atoms with van der Waals surface area (Å²) in [6.07, 6.45) is 2.58. The summed E-state index contributed by atoms with van der Waals surface area (Å²) in [4.78, 5) is 21.9. The Hall–Kier alpha value is -1.69. The quantitative estimate of drug-likeness (QED) is 0.889. The lowest BCUT2D eigenvalue weighted by Crippen LogP contribution is -2.35. The van der Waals surface area contributed by atoms with Crippen LogP contribution in [0, 0.1) is 0 Å². The van der Waals surface area contributed by atoms with Gasteiger partial charge < -0.3 is 10.2 Å². The highest BCUT2D eigenvalue weighted by Crippen LogP contribution is 2.29. The molecule has 2 aromatic rings. The standard InChI is InChI=1S/C12H14N4OS/c1-8(17)15-9-2-4-16(6-9)12-11-10(3-5-18-11)13-7-14-12/h3,5,7,9H,2,4,6H2,1H3,(H,15,17). The molecule has 3 heterocycles. The summed E-state index contributed by atoms with van der Waals surface area (Å²) >= 11 is 1.66. The average molecular weight is 262 g/mol. The molecule has 0 bridgehead atoms. The molecule has 1 saturated heterocycles. The molecule has 0 aliphatic carbocycles. The Balaban J connectivity index is 1.84. The maximum absolute atomic E-state index is 11.1. The van der Waals surface area contributed by atoms with E-state index in [1.165, 1.54) is 0 Å². The van der Waals surface area contributed by atoms with Gasteiger partial charge in [-0.1, -0.05) is 0 Å². The Morgan fingerprint density at radius 1 is 1.56 bits per heavy atom. The summed E-state index contributed by atoms with van der Waals surface area (Å²) in [5.41, 5.74) is 0.993. The van der Waals surface area contributed by atoms with Gasteiger partial charge in [0.1, 0.15) is 12.1 Å². The predicted molar refractivity (Wildman–Crippen MR) is 71.8 cm³/mol. The molecule has 3 rings (SSSR count). The van der Waals surface area contributed by atoms with E-state index in [1.807, 2.05) is 11.4 Å². The number of hydrogen-bond donors (Lipinski definition) is 1. The molecule has 1 aliphatic heterocycles. The third-order valence-corrected chi connectivity index (χ3v) is 4.02. The number of nitrogens with one attached hydrogen (secondary N) is 1. The van der Waals surface area contributed by atoms with Crippen molar-refractivity contribution in [2.24, 2.45) is 0 Å². The van der Waals surface area contributed by atoms with Gasteiger partial charge in [-0.15, -0.1) is 11.3 Å². The highest BCUT2D eigenvalue weighted by Gasteiger charge is 2.25. The molecule has 0 saturated carbocycles. The minimum absolute atomic E-state index is 0.0332. The molecule has 1 unspecified atom stereocenters. The van der Waals surface area contributed by atoms with Crippen LogP contribution in [0.4, 0.5) is 5.82 Å². The van der Waals surface area contributed by atoms with Crippen molar-refractivity contribution in [2.45, 2.75) is 19.4 Å². The number of fused-ring (bicyclic) bond motifs is 1. The van der Waals surface area contributed by atoms with Gasteiger partial charge in [-0.3, -0.25) is 4.79 Å². The van der Waals surface area contributed by atoms with Gasteiger partial charge in [0.25, 0.3) is 0 Å². The van der Waals surface area contributed by atoms with Gasteiger partial charge in [-0.05, 0) is 17.9 Å².